The monoisotopic (exact) mass is 446 g/mol. The molecule has 1 N–H and O–H groups in total. The van der Waals surface area contributed by atoms with Gasteiger partial charge in [-0.05, 0) is 17.5 Å². The summed E-state index contributed by atoms with van der Waals surface area (Å²) in [6.45, 7) is 4.77. The van der Waals surface area contributed by atoms with Crippen molar-refractivity contribution >= 4 is 10.0 Å². The fourth-order valence-corrected chi connectivity index (χ4v) is 5.30. The van der Waals surface area contributed by atoms with E-state index in [0.717, 1.165) is 25.2 Å². The van der Waals surface area contributed by atoms with Gasteiger partial charge >= 0.3 is 0 Å². The molecule has 1 saturated heterocycles. The lowest BCUT2D eigenvalue weighted by Crippen LogP contribution is -2.48. The second kappa shape index (κ2) is 8.74. The number of pyridine rings is 1. The Morgan fingerprint density at radius 2 is 1.65 bits per heavy atom. The van der Waals surface area contributed by atoms with Crippen LogP contribution in [-0.2, 0) is 43.1 Å². The molecule has 2 aromatic rings. The normalized spacial score (nSPS) is 18.8. The molecule has 0 amide bonds. The summed E-state index contributed by atoms with van der Waals surface area (Å²) >= 11 is 0. The Morgan fingerprint density at radius 1 is 0.968 bits per heavy atom. The maximum Gasteiger partial charge on any atom is 0.223 e. The van der Waals surface area contributed by atoms with E-state index < -0.39 is 10.0 Å². The topological polar surface area (TPSA) is 86.1 Å². The highest BCUT2D eigenvalue weighted by molar-refractivity contribution is 7.88. The van der Waals surface area contributed by atoms with Gasteiger partial charge in [0.15, 0.2) is 5.75 Å². The van der Waals surface area contributed by atoms with Crippen LogP contribution in [0.2, 0.25) is 0 Å². The van der Waals surface area contributed by atoms with Crippen LogP contribution < -0.4 is 5.43 Å². The molecular weight excluding hydrogens is 416 g/mol. The predicted octanol–water partition coefficient (Wildman–Crippen LogP) is 0.726. The van der Waals surface area contributed by atoms with Gasteiger partial charge in [0, 0.05) is 71.2 Å². The number of nitrogens with zero attached hydrogens (tertiary/aromatic N) is 4. The maximum atomic E-state index is 12.5. The molecule has 8 nitrogen and oxygen atoms in total. The van der Waals surface area contributed by atoms with Crippen molar-refractivity contribution in [1.82, 2.24) is 18.7 Å². The minimum absolute atomic E-state index is 0.221. The van der Waals surface area contributed by atoms with E-state index in [1.165, 1.54) is 27.8 Å². The number of hydrogen-bond donors (Lipinski definition) is 1. The van der Waals surface area contributed by atoms with Crippen LogP contribution in [0.25, 0.3) is 0 Å². The molecule has 0 saturated carbocycles. The summed E-state index contributed by atoms with van der Waals surface area (Å²) in [5.74, 6) is -0.221. The molecule has 3 heterocycles. The van der Waals surface area contributed by atoms with Crippen LogP contribution in [0.1, 0.15) is 22.5 Å². The molecule has 9 heteroatoms. The summed E-state index contributed by atoms with van der Waals surface area (Å²) in [6.07, 6.45) is 2.21. The van der Waals surface area contributed by atoms with Crippen LogP contribution in [-0.4, -0.2) is 71.2 Å². The predicted molar refractivity (Wildman–Crippen MR) is 119 cm³/mol. The van der Waals surface area contributed by atoms with Gasteiger partial charge in [0.2, 0.25) is 15.5 Å². The van der Waals surface area contributed by atoms with Crippen molar-refractivity contribution in [2.45, 2.75) is 26.1 Å². The first-order valence-corrected chi connectivity index (χ1v) is 12.4. The van der Waals surface area contributed by atoms with Crippen LogP contribution in [0.5, 0.6) is 5.75 Å². The zero-order valence-electron chi connectivity index (χ0n) is 18.1. The highest BCUT2D eigenvalue weighted by atomic mass is 32.2. The van der Waals surface area contributed by atoms with E-state index >= 15 is 0 Å². The van der Waals surface area contributed by atoms with Crippen LogP contribution in [0, 0.1) is 0 Å². The lowest BCUT2D eigenvalue weighted by molar-refractivity contribution is 0.176. The van der Waals surface area contributed by atoms with E-state index in [9.17, 15) is 18.3 Å². The number of aromatic hydroxyl groups is 1. The number of benzene rings is 1. The summed E-state index contributed by atoms with van der Waals surface area (Å²) in [6, 6.07) is 9.98. The van der Waals surface area contributed by atoms with Crippen molar-refractivity contribution in [2.75, 3.05) is 39.0 Å². The first kappa shape index (κ1) is 22.0. The van der Waals surface area contributed by atoms with Gasteiger partial charge in [0.05, 0.1) is 11.9 Å². The Hall–Kier alpha value is -2.20. The summed E-state index contributed by atoms with van der Waals surface area (Å²) < 4.78 is 26.8. The fourth-order valence-electron chi connectivity index (χ4n) is 4.47. The van der Waals surface area contributed by atoms with Crippen LogP contribution >= 0.6 is 0 Å². The third-order valence-corrected chi connectivity index (χ3v) is 7.71. The number of aromatic nitrogens is 1. The Labute approximate surface area is 183 Å². The van der Waals surface area contributed by atoms with Crippen LogP contribution in [0.4, 0.5) is 0 Å². The van der Waals surface area contributed by atoms with Gasteiger partial charge in [0.1, 0.15) is 0 Å². The lowest BCUT2D eigenvalue weighted by Gasteiger charge is -2.34. The molecule has 2 aliphatic heterocycles. The first-order chi connectivity index (χ1) is 14.7. The van der Waals surface area contributed by atoms with Gasteiger partial charge in [-0.3, -0.25) is 14.6 Å². The van der Waals surface area contributed by atoms with Crippen molar-refractivity contribution < 1.29 is 13.5 Å². The highest BCUT2D eigenvalue weighted by Gasteiger charge is 2.25. The maximum absolute atomic E-state index is 12.5. The van der Waals surface area contributed by atoms with Crippen molar-refractivity contribution in [3.63, 3.8) is 0 Å². The molecule has 2 aliphatic rings. The number of hydrogen-bond acceptors (Lipinski definition) is 6. The largest absolute Gasteiger partial charge is 0.503 e. The number of sulfonamides is 1. The summed E-state index contributed by atoms with van der Waals surface area (Å²) in [4.78, 5) is 16.9. The van der Waals surface area contributed by atoms with E-state index in [2.05, 4.69) is 34.1 Å². The van der Waals surface area contributed by atoms with Crippen molar-refractivity contribution in [1.29, 1.82) is 0 Å². The molecule has 168 valence electrons. The summed E-state index contributed by atoms with van der Waals surface area (Å²) in [5.41, 5.74) is 3.78. The molecular formula is C22H30N4O4S. The van der Waals surface area contributed by atoms with E-state index in [0.29, 0.717) is 45.0 Å². The molecule has 0 unspecified atom stereocenters. The molecule has 0 aliphatic carbocycles. The molecule has 31 heavy (non-hydrogen) atoms. The van der Waals surface area contributed by atoms with Crippen molar-refractivity contribution in [3.05, 3.63) is 63.1 Å². The molecule has 1 fully saturated rings. The van der Waals surface area contributed by atoms with Gasteiger partial charge in [-0.15, -0.1) is 0 Å². The van der Waals surface area contributed by atoms with Crippen LogP contribution in [0.15, 0.2) is 35.1 Å². The van der Waals surface area contributed by atoms with E-state index in [4.69, 9.17) is 0 Å². The van der Waals surface area contributed by atoms with E-state index in [-0.39, 0.29) is 11.2 Å². The molecule has 0 bridgehead atoms. The van der Waals surface area contributed by atoms with Gasteiger partial charge in [0.25, 0.3) is 0 Å². The lowest BCUT2D eigenvalue weighted by atomic mass is 10.00. The standard InChI is InChI=1S/C22H30N4O4S/c1-23-19(15-25-8-7-17-5-3-4-6-18(17)14-25)13-21(27)22(28)20(23)16-24-9-11-26(12-10-24)31(2,29)30/h3-6,13,28H,7-12,14-16H2,1-2H3. The first-order valence-electron chi connectivity index (χ1n) is 10.6. The Balaban J connectivity index is 1.49. The molecule has 0 radical (unpaired) electrons. The number of rotatable bonds is 5. The SMILES string of the molecule is Cn1c(CN2CCc3ccccc3C2)cc(=O)c(O)c1CN1CCN(S(C)(=O)=O)CC1. The Morgan fingerprint density at radius 3 is 2.32 bits per heavy atom. The summed E-state index contributed by atoms with van der Waals surface area (Å²) in [5, 5.41) is 10.5. The minimum atomic E-state index is -3.19. The average Bonchev–Trinajstić information content (AvgIpc) is 2.74. The van der Waals surface area contributed by atoms with Crippen molar-refractivity contribution in [3.8, 4) is 5.75 Å². The quantitative estimate of drug-likeness (QED) is 0.729. The Bertz CT molecular complexity index is 1120. The third-order valence-electron chi connectivity index (χ3n) is 6.41. The highest BCUT2D eigenvalue weighted by Crippen LogP contribution is 2.22. The van der Waals surface area contributed by atoms with Crippen molar-refractivity contribution in [2.24, 2.45) is 7.05 Å². The zero-order valence-corrected chi connectivity index (χ0v) is 18.9. The second-order valence-corrected chi connectivity index (χ2v) is 10.5. The van der Waals surface area contributed by atoms with Gasteiger partial charge in [-0.1, -0.05) is 24.3 Å². The molecule has 1 aromatic carbocycles. The number of fused-ring (bicyclic) bond motifs is 1. The third kappa shape index (κ3) is 4.85. The molecule has 4 rings (SSSR count). The summed E-state index contributed by atoms with van der Waals surface area (Å²) in [7, 11) is -1.31. The number of piperazine rings is 1. The fraction of sp³-hybridized carbons (Fsp3) is 0.500. The van der Waals surface area contributed by atoms with E-state index in [1.54, 1.807) is 0 Å². The minimum Gasteiger partial charge on any atom is -0.503 e. The van der Waals surface area contributed by atoms with Crippen LogP contribution in [0.3, 0.4) is 0 Å². The van der Waals surface area contributed by atoms with E-state index in [1.807, 2.05) is 11.6 Å². The Kier molecular flexibility index (Phi) is 6.20. The van der Waals surface area contributed by atoms with Gasteiger partial charge in [-0.25, -0.2) is 8.42 Å². The molecule has 0 spiro atoms. The zero-order chi connectivity index (χ0) is 22.2. The smallest absolute Gasteiger partial charge is 0.223 e. The second-order valence-electron chi connectivity index (χ2n) is 8.52. The van der Waals surface area contributed by atoms with Gasteiger partial charge < -0.3 is 9.67 Å². The van der Waals surface area contributed by atoms with Gasteiger partial charge in [-0.2, -0.15) is 4.31 Å². The average molecular weight is 447 g/mol. The molecule has 0 atom stereocenters. The molecule has 1 aromatic heterocycles.